The van der Waals surface area contributed by atoms with Gasteiger partial charge < -0.3 is 14.0 Å². The maximum absolute atomic E-state index is 5.82. The Morgan fingerprint density at radius 2 is 1.87 bits per heavy atom. The van der Waals surface area contributed by atoms with E-state index in [4.69, 9.17) is 14.5 Å². The Hall–Kier alpha value is -2.75. The van der Waals surface area contributed by atoms with Crippen LogP contribution in [0.5, 0.6) is 0 Å². The molecule has 0 N–H and O–H groups in total. The fourth-order valence-electron chi connectivity index (χ4n) is 4.83. The predicted molar refractivity (Wildman–Crippen MR) is 119 cm³/mol. The van der Waals surface area contributed by atoms with Gasteiger partial charge in [-0.1, -0.05) is 5.92 Å². The summed E-state index contributed by atoms with van der Waals surface area (Å²) in [5, 5.41) is 1.16. The van der Waals surface area contributed by atoms with Crippen LogP contribution < -0.4 is 0 Å². The second-order valence-electron chi connectivity index (χ2n) is 8.65. The first-order valence-corrected chi connectivity index (χ1v) is 11.2. The van der Waals surface area contributed by atoms with E-state index in [0.29, 0.717) is 17.8 Å². The highest BCUT2D eigenvalue weighted by Crippen LogP contribution is 2.34. The molecule has 0 radical (unpaired) electrons. The lowest BCUT2D eigenvalue weighted by Crippen LogP contribution is -2.28. The van der Waals surface area contributed by atoms with Crippen molar-refractivity contribution in [3.63, 3.8) is 0 Å². The van der Waals surface area contributed by atoms with Crippen LogP contribution in [0, 0.1) is 17.8 Å². The normalized spacial score (nSPS) is 24.6. The Morgan fingerprint density at radius 1 is 1.06 bits per heavy atom. The molecule has 2 fully saturated rings. The average Bonchev–Trinajstić information content (AvgIpc) is 3.18. The second kappa shape index (κ2) is 8.78. The molecule has 0 amide bonds. The third-order valence-corrected chi connectivity index (χ3v) is 6.24. The smallest absolute Gasteiger partial charge is 0.205 e. The van der Waals surface area contributed by atoms with Crippen molar-refractivity contribution in [1.82, 2.24) is 19.5 Å². The van der Waals surface area contributed by atoms with Gasteiger partial charge in [-0.05, 0) is 57.6 Å². The van der Waals surface area contributed by atoms with Gasteiger partial charge >= 0.3 is 0 Å². The van der Waals surface area contributed by atoms with Crippen molar-refractivity contribution in [2.75, 3.05) is 13.2 Å². The number of ether oxygens (including phenoxy) is 2. The molecule has 31 heavy (non-hydrogen) atoms. The molecule has 0 bridgehead atoms. The van der Waals surface area contributed by atoms with Crippen LogP contribution in [0.4, 0.5) is 0 Å². The number of hydrogen-bond acceptors (Lipinski definition) is 5. The van der Waals surface area contributed by atoms with Gasteiger partial charge in [-0.3, -0.25) is 4.98 Å². The first-order chi connectivity index (χ1) is 15.2. The highest BCUT2D eigenvalue weighted by atomic mass is 16.5. The van der Waals surface area contributed by atoms with Crippen molar-refractivity contribution < 1.29 is 9.47 Å². The van der Waals surface area contributed by atoms with Gasteiger partial charge in [-0.15, -0.1) is 0 Å². The minimum absolute atomic E-state index is 0.250. The topological polar surface area (TPSA) is 62.1 Å². The maximum atomic E-state index is 5.82. The zero-order valence-electron chi connectivity index (χ0n) is 18.1. The molecule has 0 saturated carbocycles. The van der Waals surface area contributed by atoms with Crippen LogP contribution in [-0.2, 0) is 9.47 Å². The van der Waals surface area contributed by atoms with E-state index in [1.807, 2.05) is 18.5 Å². The summed E-state index contributed by atoms with van der Waals surface area (Å²) in [6.07, 6.45) is 12.3. The van der Waals surface area contributed by atoms with Gasteiger partial charge in [0.15, 0.2) is 0 Å². The largest absolute Gasteiger partial charge is 0.381 e. The van der Waals surface area contributed by atoms with E-state index in [9.17, 15) is 0 Å². The molecule has 2 aliphatic rings. The van der Waals surface area contributed by atoms with E-state index in [1.54, 1.807) is 6.20 Å². The monoisotopic (exact) mass is 416 g/mol. The number of aromatic nitrogens is 4. The molecule has 5 rings (SSSR count). The van der Waals surface area contributed by atoms with Crippen LogP contribution in [0.1, 0.15) is 51.4 Å². The van der Waals surface area contributed by atoms with Crippen molar-refractivity contribution in [1.29, 1.82) is 0 Å². The molecule has 3 aromatic rings. The predicted octanol–water partition coefficient (Wildman–Crippen LogP) is 4.40. The molecular formula is C25H28N4O2. The standard InChI is InChI=1S/C25H28N4O2/c1-17-13-19(14-18(2)31-17)3-4-25-27-10-6-23(28-25)22-16-29(20-7-11-30-12-8-20)24-15-26-9-5-21(22)24/h5-6,9-10,15-20H,7-8,11-14H2,1-2H3. The summed E-state index contributed by atoms with van der Waals surface area (Å²) in [7, 11) is 0. The van der Waals surface area contributed by atoms with Crippen molar-refractivity contribution in [3.8, 4) is 23.1 Å². The van der Waals surface area contributed by atoms with Gasteiger partial charge in [0.1, 0.15) is 0 Å². The Balaban J connectivity index is 1.47. The third kappa shape index (κ3) is 4.34. The minimum atomic E-state index is 0.250. The fraction of sp³-hybridized carbons (Fsp3) is 0.480. The van der Waals surface area contributed by atoms with Gasteiger partial charge in [-0.25, -0.2) is 9.97 Å². The molecule has 3 aromatic heterocycles. The molecular weight excluding hydrogens is 388 g/mol. The van der Waals surface area contributed by atoms with Crippen LogP contribution in [0.15, 0.2) is 36.9 Å². The quantitative estimate of drug-likeness (QED) is 0.580. The number of pyridine rings is 1. The molecule has 6 heteroatoms. The number of nitrogens with zero attached hydrogens (tertiary/aromatic N) is 4. The first-order valence-electron chi connectivity index (χ1n) is 11.2. The lowest BCUT2D eigenvalue weighted by Gasteiger charge is -2.29. The Morgan fingerprint density at radius 3 is 2.68 bits per heavy atom. The van der Waals surface area contributed by atoms with Crippen LogP contribution >= 0.6 is 0 Å². The van der Waals surface area contributed by atoms with Crippen LogP contribution in [0.2, 0.25) is 0 Å². The summed E-state index contributed by atoms with van der Waals surface area (Å²) in [6, 6.07) is 4.46. The van der Waals surface area contributed by atoms with E-state index in [-0.39, 0.29) is 12.2 Å². The second-order valence-corrected chi connectivity index (χ2v) is 8.65. The molecule has 0 spiro atoms. The van der Waals surface area contributed by atoms with Crippen LogP contribution in [0.3, 0.4) is 0 Å². The molecule has 2 atom stereocenters. The molecule has 2 unspecified atom stereocenters. The summed E-state index contributed by atoms with van der Waals surface area (Å²) in [6.45, 7) is 5.84. The lowest BCUT2D eigenvalue weighted by molar-refractivity contribution is -0.0419. The Kier molecular flexibility index (Phi) is 5.71. The minimum Gasteiger partial charge on any atom is -0.381 e. The SMILES string of the molecule is CC1CC(C#Cc2nccc(-c3cn(C4CCOCC4)c4cnccc34)n2)CC(C)O1. The molecule has 5 heterocycles. The van der Waals surface area contributed by atoms with Crippen LogP contribution in [-0.4, -0.2) is 44.9 Å². The lowest BCUT2D eigenvalue weighted by atomic mass is 9.93. The van der Waals surface area contributed by atoms with Crippen molar-refractivity contribution in [2.45, 2.75) is 57.8 Å². The zero-order chi connectivity index (χ0) is 21.2. The summed E-state index contributed by atoms with van der Waals surface area (Å²) in [4.78, 5) is 13.6. The molecule has 0 aromatic carbocycles. The van der Waals surface area contributed by atoms with Crippen molar-refractivity contribution in [2.24, 2.45) is 5.92 Å². The van der Waals surface area contributed by atoms with Gasteiger partial charge in [0.05, 0.1) is 29.6 Å². The molecule has 6 nitrogen and oxygen atoms in total. The molecule has 0 aliphatic carbocycles. The Labute approximate surface area is 183 Å². The number of hydrogen-bond donors (Lipinski definition) is 0. The van der Waals surface area contributed by atoms with Crippen molar-refractivity contribution >= 4 is 10.9 Å². The number of fused-ring (bicyclic) bond motifs is 1. The molecule has 2 aliphatic heterocycles. The summed E-state index contributed by atoms with van der Waals surface area (Å²) >= 11 is 0. The van der Waals surface area contributed by atoms with E-state index < -0.39 is 0 Å². The highest BCUT2D eigenvalue weighted by molar-refractivity contribution is 5.94. The molecule has 160 valence electrons. The van der Waals surface area contributed by atoms with Crippen LogP contribution in [0.25, 0.3) is 22.2 Å². The summed E-state index contributed by atoms with van der Waals surface area (Å²) in [5.41, 5.74) is 3.14. The van der Waals surface area contributed by atoms with E-state index in [1.165, 1.54) is 0 Å². The van der Waals surface area contributed by atoms with Gasteiger partial charge in [0, 0.05) is 54.7 Å². The third-order valence-electron chi connectivity index (χ3n) is 6.24. The summed E-state index contributed by atoms with van der Waals surface area (Å²) < 4.78 is 13.7. The fourth-order valence-corrected chi connectivity index (χ4v) is 4.83. The highest BCUT2D eigenvalue weighted by Gasteiger charge is 2.23. The zero-order valence-corrected chi connectivity index (χ0v) is 18.1. The maximum Gasteiger partial charge on any atom is 0.205 e. The summed E-state index contributed by atoms with van der Waals surface area (Å²) in [5.74, 6) is 7.51. The van der Waals surface area contributed by atoms with E-state index in [2.05, 4.69) is 52.5 Å². The van der Waals surface area contributed by atoms with Crippen molar-refractivity contribution in [3.05, 3.63) is 42.7 Å². The Bertz CT molecular complexity index is 1110. The van der Waals surface area contributed by atoms with Gasteiger partial charge in [-0.2, -0.15) is 0 Å². The van der Waals surface area contributed by atoms with Gasteiger partial charge in [0.25, 0.3) is 0 Å². The first kappa shape index (κ1) is 20.2. The van der Waals surface area contributed by atoms with E-state index in [0.717, 1.165) is 61.1 Å². The van der Waals surface area contributed by atoms with Gasteiger partial charge in [0.2, 0.25) is 5.82 Å². The molecule has 2 saturated heterocycles. The number of rotatable bonds is 2. The average molecular weight is 417 g/mol. The van der Waals surface area contributed by atoms with E-state index >= 15 is 0 Å².